The second-order valence-corrected chi connectivity index (χ2v) is 8.12. The van der Waals surface area contributed by atoms with Crippen LogP contribution in [0.2, 0.25) is 0 Å². The van der Waals surface area contributed by atoms with E-state index < -0.39 is 27.9 Å². The van der Waals surface area contributed by atoms with Gasteiger partial charge in [-0.2, -0.15) is 0 Å². The van der Waals surface area contributed by atoms with Gasteiger partial charge in [-0.1, -0.05) is 36.4 Å². The lowest BCUT2D eigenvalue weighted by Gasteiger charge is -2.12. The number of rotatable bonds is 6. The molecule has 0 aromatic heterocycles. The number of non-ortho nitro benzene ring substituents is 1. The first-order chi connectivity index (χ1) is 16.3. The number of ether oxygens (including phenoxy) is 1. The number of nitro benzene ring substituents is 1. The second kappa shape index (κ2) is 9.67. The number of amides is 2. The number of carbonyl (C=O) groups excluding carboxylic acids is 3. The van der Waals surface area contributed by atoms with Crippen molar-refractivity contribution in [3.8, 4) is 5.75 Å². The molecule has 0 bridgehead atoms. The van der Waals surface area contributed by atoms with Gasteiger partial charge in [0.05, 0.1) is 21.9 Å². The number of carbonyl (C=O) groups is 3. The van der Waals surface area contributed by atoms with E-state index in [1.54, 1.807) is 18.2 Å². The summed E-state index contributed by atoms with van der Waals surface area (Å²) in [5.74, 6) is -1.59. The van der Waals surface area contributed by atoms with Crippen LogP contribution in [0.15, 0.2) is 77.7 Å². The number of imide groups is 1. The Hall–Kier alpha value is -4.31. The molecule has 34 heavy (non-hydrogen) atoms. The van der Waals surface area contributed by atoms with Gasteiger partial charge in [0.2, 0.25) is 0 Å². The summed E-state index contributed by atoms with van der Waals surface area (Å²) in [6.07, 6.45) is 1.51. The third kappa shape index (κ3) is 5.02. The van der Waals surface area contributed by atoms with E-state index in [0.717, 1.165) is 22.7 Å². The van der Waals surface area contributed by atoms with Crippen molar-refractivity contribution in [2.24, 2.45) is 0 Å². The Labute approximate surface area is 196 Å². The number of thioether (sulfide) groups is 1. The standard InChI is InChI=1S/C24H15FN2O6S/c25-20-7-2-1-4-17(20)14-26-22(28)21(34-24(26)30)12-15-8-10-19(11-9-15)33-23(29)16-5-3-6-18(13-16)27(31)32/h1-13H,14H2/b21-12-. The molecule has 0 aliphatic carbocycles. The van der Waals surface area contributed by atoms with E-state index in [0.29, 0.717) is 5.56 Å². The Kier molecular flexibility index (Phi) is 6.51. The van der Waals surface area contributed by atoms with E-state index in [1.807, 2.05) is 0 Å². The molecule has 3 aromatic rings. The number of nitrogens with zero attached hydrogens (tertiary/aromatic N) is 2. The van der Waals surface area contributed by atoms with Gasteiger partial charge < -0.3 is 4.74 Å². The quantitative estimate of drug-likeness (QED) is 0.158. The molecule has 0 saturated carbocycles. The van der Waals surface area contributed by atoms with Crippen molar-refractivity contribution in [3.05, 3.63) is 110 Å². The number of hydrogen-bond donors (Lipinski definition) is 0. The molecular formula is C24H15FN2O6S. The highest BCUT2D eigenvalue weighted by molar-refractivity contribution is 8.18. The maximum absolute atomic E-state index is 13.9. The maximum Gasteiger partial charge on any atom is 0.343 e. The molecule has 10 heteroatoms. The van der Waals surface area contributed by atoms with Crippen LogP contribution in [0.3, 0.4) is 0 Å². The van der Waals surface area contributed by atoms with Gasteiger partial charge in [0.15, 0.2) is 0 Å². The highest BCUT2D eigenvalue weighted by Crippen LogP contribution is 2.33. The fourth-order valence-corrected chi connectivity index (χ4v) is 3.97. The third-order valence-corrected chi connectivity index (χ3v) is 5.75. The van der Waals surface area contributed by atoms with Crippen LogP contribution in [0.1, 0.15) is 21.5 Å². The number of halogens is 1. The normalized spacial score (nSPS) is 14.5. The lowest BCUT2D eigenvalue weighted by atomic mass is 10.2. The zero-order valence-corrected chi connectivity index (χ0v) is 18.2. The lowest BCUT2D eigenvalue weighted by Crippen LogP contribution is -2.27. The first-order valence-corrected chi connectivity index (χ1v) is 10.7. The largest absolute Gasteiger partial charge is 0.423 e. The number of esters is 1. The highest BCUT2D eigenvalue weighted by atomic mass is 32.2. The van der Waals surface area contributed by atoms with Gasteiger partial charge in [-0.3, -0.25) is 24.6 Å². The smallest absolute Gasteiger partial charge is 0.343 e. The summed E-state index contributed by atoms with van der Waals surface area (Å²) >= 11 is 0.753. The van der Waals surface area contributed by atoms with Crippen molar-refractivity contribution < 1.29 is 28.4 Å². The Bertz CT molecular complexity index is 1340. The minimum Gasteiger partial charge on any atom is -0.423 e. The van der Waals surface area contributed by atoms with E-state index >= 15 is 0 Å². The molecule has 0 N–H and O–H groups in total. The molecule has 0 atom stereocenters. The molecule has 1 saturated heterocycles. The fraction of sp³-hybridized carbons (Fsp3) is 0.0417. The summed E-state index contributed by atoms with van der Waals surface area (Å²) in [5, 5.41) is 10.4. The molecule has 1 heterocycles. The van der Waals surface area contributed by atoms with E-state index in [9.17, 15) is 28.9 Å². The molecule has 0 spiro atoms. The zero-order chi connectivity index (χ0) is 24.2. The van der Waals surface area contributed by atoms with Crippen LogP contribution in [0, 0.1) is 15.9 Å². The number of benzene rings is 3. The highest BCUT2D eigenvalue weighted by Gasteiger charge is 2.35. The number of nitro groups is 1. The average molecular weight is 478 g/mol. The van der Waals surface area contributed by atoms with Crippen molar-refractivity contribution in [1.29, 1.82) is 0 Å². The molecule has 170 valence electrons. The average Bonchev–Trinajstić information content (AvgIpc) is 3.09. The van der Waals surface area contributed by atoms with Crippen LogP contribution in [0.5, 0.6) is 5.75 Å². The van der Waals surface area contributed by atoms with Crippen LogP contribution in [-0.4, -0.2) is 26.9 Å². The Morgan fingerprint density at radius 1 is 1.06 bits per heavy atom. The maximum atomic E-state index is 13.9. The molecule has 8 nitrogen and oxygen atoms in total. The molecule has 3 aromatic carbocycles. The van der Waals surface area contributed by atoms with Gasteiger partial charge in [-0.05, 0) is 47.7 Å². The van der Waals surface area contributed by atoms with E-state index in [2.05, 4.69) is 0 Å². The van der Waals surface area contributed by atoms with Crippen molar-refractivity contribution in [3.63, 3.8) is 0 Å². The molecule has 1 aliphatic rings. The first kappa shape index (κ1) is 22.9. The van der Waals surface area contributed by atoms with Crippen LogP contribution < -0.4 is 4.74 Å². The van der Waals surface area contributed by atoms with Gasteiger partial charge in [0.25, 0.3) is 16.8 Å². The van der Waals surface area contributed by atoms with Gasteiger partial charge in [-0.25, -0.2) is 9.18 Å². The molecule has 0 radical (unpaired) electrons. The summed E-state index contributed by atoms with van der Waals surface area (Å²) in [5.41, 5.74) is 0.614. The molecule has 1 aliphatic heterocycles. The van der Waals surface area contributed by atoms with Crippen molar-refractivity contribution >= 4 is 40.6 Å². The van der Waals surface area contributed by atoms with Gasteiger partial charge >= 0.3 is 5.97 Å². The molecule has 2 amide bonds. The Morgan fingerprint density at radius 2 is 1.79 bits per heavy atom. The zero-order valence-electron chi connectivity index (χ0n) is 17.3. The van der Waals surface area contributed by atoms with Crippen molar-refractivity contribution in [2.45, 2.75) is 6.54 Å². The summed E-state index contributed by atoms with van der Waals surface area (Å²) in [6, 6.07) is 17.2. The molecule has 0 unspecified atom stereocenters. The molecular weight excluding hydrogens is 463 g/mol. The van der Waals surface area contributed by atoms with Gasteiger partial charge in [0.1, 0.15) is 11.6 Å². The fourth-order valence-electron chi connectivity index (χ4n) is 3.13. The van der Waals surface area contributed by atoms with E-state index in [1.165, 1.54) is 54.6 Å². The summed E-state index contributed by atoms with van der Waals surface area (Å²) in [6.45, 7) is -0.165. The monoisotopic (exact) mass is 478 g/mol. The van der Waals surface area contributed by atoms with Crippen LogP contribution >= 0.6 is 11.8 Å². The molecule has 1 fully saturated rings. The topological polar surface area (TPSA) is 107 Å². The van der Waals surface area contributed by atoms with Gasteiger partial charge in [-0.15, -0.1) is 0 Å². The predicted octanol–water partition coefficient (Wildman–Crippen LogP) is 5.19. The van der Waals surface area contributed by atoms with Crippen molar-refractivity contribution in [2.75, 3.05) is 0 Å². The lowest BCUT2D eigenvalue weighted by molar-refractivity contribution is -0.384. The molecule has 4 rings (SSSR count). The van der Waals surface area contributed by atoms with Crippen LogP contribution in [0.4, 0.5) is 14.9 Å². The Morgan fingerprint density at radius 3 is 2.50 bits per heavy atom. The third-order valence-electron chi connectivity index (χ3n) is 4.84. The summed E-state index contributed by atoms with van der Waals surface area (Å²) < 4.78 is 19.1. The van der Waals surface area contributed by atoms with E-state index in [-0.39, 0.29) is 34.0 Å². The first-order valence-electron chi connectivity index (χ1n) is 9.87. The van der Waals surface area contributed by atoms with Crippen LogP contribution in [0.25, 0.3) is 6.08 Å². The summed E-state index contributed by atoms with van der Waals surface area (Å²) in [4.78, 5) is 48.6. The predicted molar refractivity (Wildman–Crippen MR) is 122 cm³/mol. The SMILES string of the molecule is O=C(Oc1ccc(/C=C2\SC(=O)N(Cc3ccccc3F)C2=O)cc1)c1cccc([N+](=O)[O-])c1. The van der Waals surface area contributed by atoms with E-state index in [4.69, 9.17) is 4.74 Å². The second-order valence-electron chi connectivity index (χ2n) is 7.13. The van der Waals surface area contributed by atoms with Crippen LogP contribution in [-0.2, 0) is 11.3 Å². The van der Waals surface area contributed by atoms with Gasteiger partial charge in [0, 0.05) is 17.7 Å². The summed E-state index contributed by atoms with van der Waals surface area (Å²) in [7, 11) is 0. The van der Waals surface area contributed by atoms with Crippen molar-refractivity contribution in [1.82, 2.24) is 4.90 Å². The minimum atomic E-state index is -0.759. The minimum absolute atomic E-state index is 0.0294. The Balaban J connectivity index is 1.44. The number of hydrogen-bond acceptors (Lipinski definition) is 7.